The summed E-state index contributed by atoms with van der Waals surface area (Å²) in [6.07, 6.45) is -1.15. The van der Waals surface area contributed by atoms with E-state index in [1.165, 1.54) is 11.8 Å². The number of nitrogens with zero attached hydrogens (tertiary/aromatic N) is 1. The largest absolute Gasteiger partial charge is 0.388 e. The molecule has 2 N–H and O–H groups in total. The molecule has 14 heavy (non-hydrogen) atoms. The third-order valence-electron chi connectivity index (χ3n) is 2.69. The lowest BCUT2D eigenvalue weighted by Gasteiger charge is -2.37. The topological polar surface area (TPSA) is 62.0 Å². The Balaban J connectivity index is 2.14. The van der Waals surface area contributed by atoms with Gasteiger partial charge in [0, 0.05) is 0 Å². The fraction of sp³-hybridized carbons (Fsp3) is 0.889. The predicted molar refractivity (Wildman–Crippen MR) is 55.5 cm³/mol. The van der Waals surface area contributed by atoms with Crippen LogP contribution in [0.3, 0.4) is 0 Å². The summed E-state index contributed by atoms with van der Waals surface area (Å²) in [5.74, 6) is 0. The summed E-state index contributed by atoms with van der Waals surface area (Å²) < 4.78 is 5.65. The molecule has 0 saturated carbocycles. The molecule has 2 aliphatic heterocycles. The van der Waals surface area contributed by atoms with E-state index in [1.807, 2.05) is 13.8 Å². The minimum absolute atomic E-state index is 0.113. The van der Waals surface area contributed by atoms with Gasteiger partial charge in [-0.25, -0.2) is 0 Å². The predicted octanol–water partition coefficient (Wildman–Crippen LogP) is 0.377. The molecule has 0 radical (unpaired) electrons. The zero-order chi connectivity index (χ0) is 10.3. The van der Waals surface area contributed by atoms with Crippen molar-refractivity contribution >= 4 is 16.8 Å². The SMILES string of the molecule is CC[C@H]1O[C@@H]2SC(C)=N[C@@H]2[C@@H](O)[C@@H]1O. The first kappa shape index (κ1) is 10.4. The van der Waals surface area contributed by atoms with Crippen molar-refractivity contribution in [3.63, 3.8) is 0 Å². The van der Waals surface area contributed by atoms with Crippen molar-refractivity contribution in [3.8, 4) is 0 Å². The Labute approximate surface area is 87.4 Å². The van der Waals surface area contributed by atoms with Crippen LogP contribution in [0.2, 0.25) is 0 Å². The normalized spacial score (nSPS) is 47.4. The molecule has 0 aromatic rings. The molecule has 0 aliphatic carbocycles. The highest BCUT2D eigenvalue weighted by molar-refractivity contribution is 8.14. The Hall–Kier alpha value is -0.100. The maximum Gasteiger partial charge on any atom is 0.134 e. The summed E-state index contributed by atoms with van der Waals surface area (Å²) in [7, 11) is 0. The van der Waals surface area contributed by atoms with Crippen molar-refractivity contribution in [2.75, 3.05) is 0 Å². The van der Waals surface area contributed by atoms with Gasteiger partial charge in [0.15, 0.2) is 0 Å². The molecular formula is C9H15NO3S. The van der Waals surface area contributed by atoms with Crippen LogP contribution in [0.15, 0.2) is 4.99 Å². The average Bonchev–Trinajstić information content (AvgIpc) is 2.52. The molecule has 1 fully saturated rings. The highest BCUT2D eigenvalue weighted by Gasteiger charge is 2.46. The van der Waals surface area contributed by atoms with Crippen molar-refractivity contribution in [2.45, 2.75) is 50.1 Å². The molecule has 0 bridgehead atoms. The summed E-state index contributed by atoms with van der Waals surface area (Å²) in [6, 6.07) is -0.294. The van der Waals surface area contributed by atoms with E-state index in [-0.39, 0.29) is 17.6 Å². The van der Waals surface area contributed by atoms with E-state index in [0.29, 0.717) is 6.42 Å². The third kappa shape index (κ3) is 1.58. The lowest BCUT2D eigenvalue weighted by atomic mass is 9.97. The molecule has 80 valence electrons. The van der Waals surface area contributed by atoms with Crippen molar-refractivity contribution in [3.05, 3.63) is 0 Å². The van der Waals surface area contributed by atoms with Gasteiger partial charge in [-0.15, -0.1) is 0 Å². The second kappa shape index (κ2) is 3.81. The van der Waals surface area contributed by atoms with E-state index in [1.54, 1.807) is 0 Å². The first-order valence-electron chi connectivity index (χ1n) is 4.86. The van der Waals surface area contributed by atoms with Gasteiger partial charge < -0.3 is 14.9 Å². The molecular weight excluding hydrogens is 202 g/mol. The average molecular weight is 217 g/mol. The maximum absolute atomic E-state index is 9.82. The highest BCUT2D eigenvalue weighted by atomic mass is 32.2. The summed E-state index contributed by atoms with van der Waals surface area (Å²) in [5, 5.41) is 20.5. The van der Waals surface area contributed by atoms with E-state index in [0.717, 1.165) is 5.04 Å². The Morgan fingerprint density at radius 2 is 2.14 bits per heavy atom. The highest BCUT2D eigenvalue weighted by Crippen LogP contribution is 2.36. The Morgan fingerprint density at radius 1 is 1.43 bits per heavy atom. The summed E-state index contributed by atoms with van der Waals surface area (Å²) in [4.78, 5) is 4.26. The van der Waals surface area contributed by atoms with E-state index in [9.17, 15) is 10.2 Å². The number of aliphatic hydroxyl groups excluding tert-OH is 2. The smallest absolute Gasteiger partial charge is 0.134 e. The lowest BCUT2D eigenvalue weighted by Crippen LogP contribution is -2.54. The van der Waals surface area contributed by atoms with Gasteiger partial charge in [-0.05, 0) is 13.3 Å². The monoisotopic (exact) mass is 217 g/mol. The van der Waals surface area contributed by atoms with E-state index >= 15 is 0 Å². The number of aliphatic imine (C=N–C) groups is 1. The van der Waals surface area contributed by atoms with Gasteiger partial charge in [0.2, 0.25) is 0 Å². The van der Waals surface area contributed by atoms with Gasteiger partial charge in [0.05, 0.1) is 11.1 Å². The minimum atomic E-state index is -0.809. The number of hydrogen-bond donors (Lipinski definition) is 2. The van der Waals surface area contributed by atoms with Crippen molar-refractivity contribution < 1.29 is 14.9 Å². The first-order chi connectivity index (χ1) is 6.63. The van der Waals surface area contributed by atoms with Crippen LogP contribution in [0.4, 0.5) is 0 Å². The van der Waals surface area contributed by atoms with Crippen molar-refractivity contribution in [1.29, 1.82) is 0 Å². The van der Waals surface area contributed by atoms with E-state index < -0.39 is 12.2 Å². The maximum atomic E-state index is 9.82. The van der Waals surface area contributed by atoms with Crippen LogP contribution in [0.1, 0.15) is 20.3 Å². The molecule has 2 heterocycles. The quantitative estimate of drug-likeness (QED) is 0.666. The van der Waals surface area contributed by atoms with Gasteiger partial charge in [0.1, 0.15) is 23.7 Å². The number of aliphatic hydroxyl groups is 2. The minimum Gasteiger partial charge on any atom is -0.388 e. The van der Waals surface area contributed by atoms with Gasteiger partial charge in [0.25, 0.3) is 0 Å². The lowest BCUT2D eigenvalue weighted by molar-refractivity contribution is -0.153. The molecule has 5 atom stereocenters. The van der Waals surface area contributed by atoms with Crippen LogP contribution < -0.4 is 0 Å². The van der Waals surface area contributed by atoms with Crippen LogP contribution >= 0.6 is 11.8 Å². The van der Waals surface area contributed by atoms with Crippen molar-refractivity contribution in [2.24, 2.45) is 4.99 Å². The van der Waals surface area contributed by atoms with Crippen LogP contribution in [0.25, 0.3) is 0 Å². The Morgan fingerprint density at radius 3 is 2.79 bits per heavy atom. The van der Waals surface area contributed by atoms with Gasteiger partial charge in [-0.1, -0.05) is 18.7 Å². The summed E-state index contributed by atoms with van der Waals surface area (Å²) >= 11 is 1.53. The fourth-order valence-electron chi connectivity index (χ4n) is 1.90. The summed E-state index contributed by atoms with van der Waals surface area (Å²) in [6.45, 7) is 3.83. The molecule has 2 aliphatic rings. The van der Waals surface area contributed by atoms with Gasteiger partial charge in [-0.3, -0.25) is 4.99 Å². The standard InChI is InChI=1S/C9H15NO3S/c1-3-5-7(11)8(12)6-9(13-5)14-4(2)10-6/h5-9,11-12H,3H2,1-2H3/t5-,6-,7-,8-,9-/m1/s1. The molecule has 1 saturated heterocycles. The molecule has 0 amide bonds. The number of rotatable bonds is 1. The molecule has 0 aromatic carbocycles. The van der Waals surface area contributed by atoms with Crippen molar-refractivity contribution in [1.82, 2.24) is 0 Å². The molecule has 2 rings (SSSR count). The van der Waals surface area contributed by atoms with Crippen LogP contribution in [-0.4, -0.2) is 45.0 Å². The Kier molecular flexibility index (Phi) is 2.83. The number of thioether (sulfide) groups is 1. The second-order valence-corrected chi connectivity index (χ2v) is 4.98. The van der Waals surface area contributed by atoms with E-state index in [2.05, 4.69) is 4.99 Å². The molecule has 0 spiro atoms. The van der Waals surface area contributed by atoms with Gasteiger partial charge in [-0.2, -0.15) is 0 Å². The summed E-state index contributed by atoms with van der Waals surface area (Å²) in [5.41, 5.74) is -0.113. The fourth-order valence-corrected chi connectivity index (χ4v) is 2.98. The zero-order valence-electron chi connectivity index (χ0n) is 8.25. The van der Waals surface area contributed by atoms with Gasteiger partial charge >= 0.3 is 0 Å². The van der Waals surface area contributed by atoms with Crippen LogP contribution in [0, 0.1) is 0 Å². The molecule has 0 aromatic heterocycles. The third-order valence-corrected chi connectivity index (χ3v) is 3.76. The number of fused-ring (bicyclic) bond motifs is 1. The Bertz CT molecular complexity index is 258. The number of ether oxygens (including phenoxy) is 1. The zero-order valence-corrected chi connectivity index (χ0v) is 9.07. The van der Waals surface area contributed by atoms with Crippen LogP contribution in [-0.2, 0) is 4.74 Å². The second-order valence-electron chi connectivity index (χ2n) is 3.69. The molecule has 4 nitrogen and oxygen atoms in total. The molecule has 5 heteroatoms. The molecule has 0 unspecified atom stereocenters. The first-order valence-corrected chi connectivity index (χ1v) is 5.74. The van der Waals surface area contributed by atoms with E-state index in [4.69, 9.17) is 4.74 Å². The number of hydrogen-bond acceptors (Lipinski definition) is 5. The van der Waals surface area contributed by atoms with Crippen LogP contribution in [0.5, 0.6) is 0 Å².